The van der Waals surface area contributed by atoms with E-state index in [1.165, 1.54) is 18.1 Å². The van der Waals surface area contributed by atoms with Crippen LogP contribution in [-0.4, -0.2) is 40.8 Å². The molecule has 0 bridgehead atoms. The van der Waals surface area contributed by atoms with Crippen LogP contribution in [0.1, 0.15) is 31.8 Å². The number of benzene rings is 3. The summed E-state index contributed by atoms with van der Waals surface area (Å²) in [6.07, 6.45) is 1.45. The zero-order chi connectivity index (χ0) is 25.4. The van der Waals surface area contributed by atoms with Crippen molar-refractivity contribution in [2.45, 2.75) is 6.54 Å². The first-order chi connectivity index (χ1) is 17.4. The van der Waals surface area contributed by atoms with Crippen molar-refractivity contribution in [3.05, 3.63) is 101 Å². The van der Waals surface area contributed by atoms with E-state index in [0.717, 1.165) is 4.90 Å². The van der Waals surface area contributed by atoms with Crippen LogP contribution in [0.5, 0.6) is 5.75 Å². The third-order valence-corrected chi connectivity index (χ3v) is 6.22. The number of amides is 4. The van der Waals surface area contributed by atoms with Gasteiger partial charge in [0, 0.05) is 5.56 Å². The largest absolute Gasteiger partial charge is 0.496 e. The number of rotatable bonds is 5. The maximum Gasteiger partial charge on any atom is 0.270 e. The van der Waals surface area contributed by atoms with Gasteiger partial charge in [-0.3, -0.25) is 34.3 Å². The number of para-hydroxylation sites is 1. The van der Waals surface area contributed by atoms with Gasteiger partial charge in [0.15, 0.2) is 5.11 Å². The molecule has 36 heavy (non-hydrogen) atoms. The molecular weight excluding hydrogens is 478 g/mol. The molecule has 0 saturated carbocycles. The van der Waals surface area contributed by atoms with Gasteiger partial charge in [-0.25, -0.2) is 0 Å². The Kier molecular flexibility index (Phi) is 5.91. The highest BCUT2D eigenvalue weighted by atomic mass is 32.1. The summed E-state index contributed by atoms with van der Waals surface area (Å²) in [5, 5.41) is 2.55. The van der Waals surface area contributed by atoms with Crippen LogP contribution >= 0.6 is 12.2 Å². The van der Waals surface area contributed by atoms with Crippen LogP contribution < -0.4 is 15.0 Å². The molecule has 2 aliphatic rings. The fourth-order valence-electron chi connectivity index (χ4n) is 4.20. The number of methoxy groups -OCH3 is 1. The summed E-state index contributed by atoms with van der Waals surface area (Å²) in [6, 6.07) is 20.4. The molecule has 4 amide bonds. The summed E-state index contributed by atoms with van der Waals surface area (Å²) in [5.74, 6) is -1.51. The molecule has 0 atom stereocenters. The average Bonchev–Trinajstić information content (AvgIpc) is 3.12. The smallest absolute Gasteiger partial charge is 0.270 e. The minimum absolute atomic E-state index is 0.00519. The summed E-state index contributed by atoms with van der Waals surface area (Å²) < 4.78 is 5.44. The Balaban J connectivity index is 1.48. The molecule has 0 aromatic heterocycles. The molecule has 8 nitrogen and oxygen atoms in total. The van der Waals surface area contributed by atoms with Gasteiger partial charge >= 0.3 is 0 Å². The molecule has 2 aliphatic heterocycles. The molecule has 1 N–H and O–H groups in total. The molecule has 0 aliphatic carbocycles. The zero-order valence-corrected chi connectivity index (χ0v) is 19.9. The molecule has 9 heteroatoms. The van der Waals surface area contributed by atoms with Gasteiger partial charge in [0.1, 0.15) is 11.3 Å². The Bertz CT molecular complexity index is 1450. The third-order valence-electron chi connectivity index (χ3n) is 5.94. The van der Waals surface area contributed by atoms with Crippen LogP contribution in [0.2, 0.25) is 0 Å². The Morgan fingerprint density at radius 2 is 1.50 bits per heavy atom. The lowest BCUT2D eigenvalue weighted by atomic mass is 10.0. The maximum atomic E-state index is 13.2. The lowest BCUT2D eigenvalue weighted by Gasteiger charge is -2.28. The second kappa shape index (κ2) is 9.20. The summed E-state index contributed by atoms with van der Waals surface area (Å²) >= 11 is 5.23. The summed E-state index contributed by atoms with van der Waals surface area (Å²) in [6.45, 7) is -0.0348. The van der Waals surface area contributed by atoms with Gasteiger partial charge in [-0.05, 0) is 60.3 Å². The number of nitrogens with one attached hydrogen (secondary N) is 1. The number of fused-ring (bicyclic) bond motifs is 1. The number of carbonyl (C=O) groups excluding carboxylic acids is 4. The fraction of sp³-hybridized carbons (Fsp3) is 0.0741. The number of ether oxygens (including phenoxy) is 1. The van der Waals surface area contributed by atoms with E-state index in [4.69, 9.17) is 17.0 Å². The Hall–Kier alpha value is -4.63. The monoisotopic (exact) mass is 497 g/mol. The normalized spacial score (nSPS) is 16.5. The Morgan fingerprint density at radius 1 is 0.861 bits per heavy atom. The van der Waals surface area contributed by atoms with Gasteiger partial charge in [-0.15, -0.1) is 0 Å². The third kappa shape index (κ3) is 3.95. The number of imide groups is 1. The molecular formula is C27H19N3O5S. The first kappa shape index (κ1) is 23.1. The van der Waals surface area contributed by atoms with Crippen LogP contribution in [0, 0.1) is 0 Å². The SMILES string of the molecule is COc1ccc(C=C2C(=O)NC(=S)N(c3ccccc3)C2=O)cc1CN1C(=O)c2ccccc2C1=O. The van der Waals surface area contributed by atoms with Crippen molar-refractivity contribution >= 4 is 52.7 Å². The van der Waals surface area contributed by atoms with Crippen molar-refractivity contribution in [2.75, 3.05) is 12.0 Å². The topological polar surface area (TPSA) is 96.0 Å². The predicted octanol–water partition coefficient (Wildman–Crippen LogP) is 3.32. The minimum atomic E-state index is -0.616. The molecule has 2 heterocycles. The van der Waals surface area contributed by atoms with E-state index < -0.39 is 23.6 Å². The first-order valence-corrected chi connectivity index (χ1v) is 11.4. The molecule has 5 rings (SSSR count). The highest BCUT2D eigenvalue weighted by Crippen LogP contribution is 2.29. The summed E-state index contributed by atoms with van der Waals surface area (Å²) in [5.41, 5.74) is 2.17. The first-order valence-electron chi connectivity index (χ1n) is 11.0. The van der Waals surface area contributed by atoms with E-state index in [2.05, 4.69) is 5.32 Å². The second-order valence-corrected chi connectivity index (χ2v) is 8.49. The van der Waals surface area contributed by atoms with Crippen molar-refractivity contribution in [3.8, 4) is 5.75 Å². The number of anilines is 1. The lowest BCUT2D eigenvalue weighted by molar-refractivity contribution is -0.122. The molecule has 0 unspecified atom stereocenters. The van der Waals surface area contributed by atoms with Crippen LogP contribution in [-0.2, 0) is 16.1 Å². The zero-order valence-electron chi connectivity index (χ0n) is 19.1. The average molecular weight is 498 g/mol. The number of hydrogen-bond acceptors (Lipinski definition) is 6. The van der Waals surface area contributed by atoms with Gasteiger partial charge in [0.25, 0.3) is 23.6 Å². The van der Waals surface area contributed by atoms with Gasteiger partial charge in [-0.2, -0.15) is 0 Å². The Labute approximate surface area is 211 Å². The summed E-state index contributed by atoms with van der Waals surface area (Å²) in [4.78, 5) is 54.0. The van der Waals surface area contributed by atoms with E-state index >= 15 is 0 Å². The molecule has 3 aromatic rings. The molecule has 1 saturated heterocycles. The maximum absolute atomic E-state index is 13.2. The second-order valence-electron chi connectivity index (χ2n) is 8.11. The number of carbonyl (C=O) groups is 4. The van der Waals surface area contributed by atoms with Crippen molar-refractivity contribution in [1.82, 2.24) is 10.2 Å². The highest BCUT2D eigenvalue weighted by molar-refractivity contribution is 7.80. The summed E-state index contributed by atoms with van der Waals surface area (Å²) in [7, 11) is 1.48. The van der Waals surface area contributed by atoms with Gasteiger partial charge in [-0.1, -0.05) is 36.4 Å². The standard InChI is InChI=1S/C27H19N3O5S/c1-35-22-12-11-16(13-17(22)15-29-24(32)19-9-5-6-10-20(19)25(29)33)14-21-23(31)28-27(36)30(26(21)34)18-7-3-2-4-8-18/h2-14H,15H2,1H3,(H,28,31,36). The van der Waals surface area contributed by atoms with Crippen LogP contribution in [0.15, 0.2) is 78.4 Å². The Morgan fingerprint density at radius 3 is 2.14 bits per heavy atom. The number of thiocarbonyl (C=S) groups is 1. The highest BCUT2D eigenvalue weighted by Gasteiger charge is 2.36. The molecule has 0 radical (unpaired) electrons. The van der Waals surface area contributed by atoms with Gasteiger partial charge in [0.2, 0.25) is 0 Å². The predicted molar refractivity (Wildman–Crippen MR) is 136 cm³/mol. The fourth-order valence-corrected chi connectivity index (χ4v) is 4.48. The molecule has 1 fully saturated rings. The van der Waals surface area contributed by atoms with Gasteiger partial charge < -0.3 is 4.74 Å². The number of nitrogens with zero attached hydrogens (tertiary/aromatic N) is 2. The molecule has 3 aromatic carbocycles. The van der Waals surface area contributed by atoms with Gasteiger partial charge in [0.05, 0.1) is 30.5 Å². The van der Waals surface area contributed by atoms with Crippen molar-refractivity contribution < 1.29 is 23.9 Å². The minimum Gasteiger partial charge on any atom is -0.496 e. The van der Waals surface area contributed by atoms with E-state index in [-0.39, 0.29) is 17.2 Å². The van der Waals surface area contributed by atoms with Crippen LogP contribution in [0.25, 0.3) is 6.08 Å². The van der Waals surface area contributed by atoms with E-state index in [0.29, 0.717) is 33.7 Å². The van der Waals surface area contributed by atoms with Crippen molar-refractivity contribution in [1.29, 1.82) is 0 Å². The van der Waals surface area contributed by atoms with Crippen molar-refractivity contribution in [2.24, 2.45) is 0 Å². The van der Waals surface area contributed by atoms with E-state index in [1.54, 1.807) is 66.7 Å². The van der Waals surface area contributed by atoms with E-state index in [9.17, 15) is 19.2 Å². The molecule has 0 spiro atoms. The molecule has 178 valence electrons. The van der Waals surface area contributed by atoms with Crippen LogP contribution in [0.3, 0.4) is 0 Å². The number of hydrogen-bond donors (Lipinski definition) is 1. The lowest BCUT2D eigenvalue weighted by Crippen LogP contribution is -2.54. The van der Waals surface area contributed by atoms with Crippen molar-refractivity contribution in [3.63, 3.8) is 0 Å². The quantitative estimate of drug-likeness (QED) is 0.252. The van der Waals surface area contributed by atoms with E-state index in [1.807, 2.05) is 6.07 Å². The van der Waals surface area contributed by atoms with Crippen LogP contribution in [0.4, 0.5) is 5.69 Å².